The van der Waals surface area contributed by atoms with Crippen LogP contribution in [0.4, 0.5) is 11.5 Å². The van der Waals surface area contributed by atoms with Gasteiger partial charge >= 0.3 is 5.97 Å². The first-order valence-electron chi connectivity index (χ1n) is 7.17. The number of carbonyl (C=O) groups excluding carboxylic acids is 1. The van der Waals surface area contributed by atoms with Crippen molar-refractivity contribution in [2.45, 2.75) is 6.92 Å². The Kier molecular flexibility index (Phi) is 5.35. The van der Waals surface area contributed by atoms with E-state index in [0.29, 0.717) is 30.2 Å². The van der Waals surface area contributed by atoms with Crippen molar-refractivity contribution in [3.8, 4) is 0 Å². The zero-order valence-corrected chi connectivity index (χ0v) is 12.3. The number of anilines is 2. The van der Waals surface area contributed by atoms with E-state index in [2.05, 4.69) is 14.8 Å². The van der Waals surface area contributed by atoms with Crippen LogP contribution in [0.5, 0.6) is 0 Å². The Morgan fingerprint density at radius 3 is 2.76 bits per heavy atom. The molecular weight excluding hydrogens is 272 g/mol. The van der Waals surface area contributed by atoms with E-state index in [-0.39, 0.29) is 6.61 Å². The number of β-amino-alcohol motifs (C(OH)–C–C–N with tert-alkyl or cyclic N) is 1. The first kappa shape index (κ1) is 15.5. The van der Waals surface area contributed by atoms with Crippen LogP contribution in [0.25, 0.3) is 0 Å². The number of nitrogens with zero attached hydrogens (tertiary/aromatic N) is 3. The Hall–Kier alpha value is -1.86. The summed E-state index contributed by atoms with van der Waals surface area (Å²) in [5.74, 6) is 0.210. The van der Waals surface area contributed by atoms with Crippen molar-refractivity contribution >= 4 is 17.5 Å². The van der Waals surface area contributed by atoms with E-state index in [0.717, 1.165) is 26.2 Å². The molecule has 0 radical (unpaired) electrons. The van der Waals surface area contributed by atoms with Crippen molar-refractivity contribution in [1.82, 2.24) is 9.88 Å². The largest absolute Gasteiger partial charge is 0.462 e. The summed E-state index contributed by atoms with van der Waals surface area (Å²) in [6, 6.07) is 1.58. The van der Waals surface area contributed by atoms with Crippen LogP contribution in [0.3, 0.4) is 0 Å². The smallest absolute Gasteiger partial charge is 0.340 e. The monoisotopic (exact) mass is 294 g/mol. The van der Waals surface area contributed by atoms with Gasteiger partial charge in [0.15, 0.2) is 5.82 Å². The Labute approximate surface area is 124 Å². The highest BCUT2D eigenvalue weighted by atomic mass is 16.5. The second-order valence-corrected chi connectivity index (χ2v) is 4.87. The van der Waals surface area contributed by atoms with Crippen LogP contribution in [0.1, 0.15) is 17.3 Å². The molecule has 0 saturated carbocycles. The van der Waals surface area contributed by atoms with Crippen LogP contribution in [0, 0.1) is 0 Å². The molecule has 0 unspecified atom stereocenters. The number of aliphatic hydroxyl groups excluding tert-OH is 1. The average Bonchev–Trinajstić information content (AvgIpc) is 2.49. The van der Waals surface area contributed by atoms with E-state index < -0.39 is 5.97 Å². The lowest BCUT2D eigenvalue weighted by molar-refractivity contribution is 0.0527. The van der Waals surface area contributed by atoms with E-state index >= 15 is 0 Å². The number of aliphatic hydroxyl groups is 1. The Balaban J connectivity index is 2.11. The van der Waals surface area contributed by atoms with Gasteiger partial charge in [-0.25, -0.2) is 9.78 Å². The van der Waals surface area contributed by atoms with E-state index in [1.54, 1.807) is 19.2 Å². The standard InChI is InChI=1S/C14H22N4O3/c1-2-21-14(20)11-3-4-16-13(12(11)15)18-7-5-17(6-8-18)9-10-19/h3-4,19H,2,5-10,15H2,1H3. The maximum Gasteiger partial charge on any atom is 0.340 e. The van der Waals surface area contributed by atoms with Crippen molar-refractivity contribution in [3.63, 3.8) is 0 Å². The van der Waals surface area contributed by atoms with E-state index in [4.69, 9.17) is 15.6 Å². The molecule has 3 N–H and O–H groups in total. The summed E-state index contributed by atoms with van der Waals surface area (Å²) in [6.45, 7) is 6.13. The minimum atomic E-state index is -0.419. The molecule has 1 aromatic heterocycles. The van der Waals surface area contributed by atoms with Gasteiger partial charge in [0.2, 0.25) is 0 Å². The molecule has 1 aromatic rings. The van der Waals surface area contributed by atoms with Gasteiger partial charge in [-0.15, -0.1) is 0 Å². The summed E-state index contributed by atoms with van der Waals surface area (Å²) in [5, 5.41) is 8.95. The van der Waals surface area contributed by atoms with Crippen LogP contribution < -0.4 is 10.6 Å². The minimum absolute atomic E-state index is 0.165. The third-order valence-electron chi connectivity index (χ3n) is 3.55. The third kappa shape index (κ3) is 3.62. The molecule has 0 spiro atoms. The van der Waals surface area contributed by atoms with Crippen molar-refractivity contribution in [3.05, 3.63) is 17.8 Å². The second kappa shape index (κ2) is 7.24. The molecule has 7 nitrogen and oxygen atoms in total. The molecular formula is C14H22N4O3. The van der Waals surface area contributed by atoms with Crippen molar-refractivity contribution in [1.29, 1.82) is 0 Å². The van der Waals surface area contributed by atoms with Crippen LogP contribution in [-0.4, -0.2) is 66.9 Å². The quantitative estimate of drug-likeness (QED) is 0.736. The van der Waals surface area contributed by atoms with Gasteiger partial charge in [0.25, 0.3) is 0 Å². The van der Waals surface area contributed by atoms with Gasteiger partial charge in [-0.3, -0.25) is 4.90 Å². The summed E-state index contributed by atoms with van der Waals surface area (Å²) in [4.78, 5) is 20.4. The van der Waals surface area contributed by atoms with Crippen molar-refractivity contribution in [2.75, 3.05) is 56.6 Å². The number of hydrogen-bond acceptors (Lipinski definition) is 7. The lowest BCUT2D eigenvalue weighted by atomic mass is 10.2. The molecule has 0 amide bonds. The first-order valence-corrected chi connectivity index (χ1v) is 7.17. The maximum atomic E-state index is 11.9. The summed E-state index contributed by atoms with van der Waals surface area (Å²) < 4.78 is 5.00. The second-order valence-electron chi connectivity index (χ2n) is 4.87. The maximum absolute atomic E-state index is 11.9. The lowest BCUT2D eigenvalue weighted by Gasteiger charge is -2.35. The zero-order chi connectivity index (χ0) is 15.2. The number of rotatable bonds is 5. The number of nitrogens with two attached hydrogens (primary N) is 1. The van der Waals surface area contributed by atoms with Crippen molar-refractivity contribution < 1.29 is 14.6 Å². The molecule has 1 fully saturated rings. The molecule has 1 aliphatic heterocycles. The highest BCUT2D eigenvalue weighted by Gasteiger charge is 2.22. The zero-order valence-electron chi connectivity index (χ0n) is 12.3. The average molecular weight is 294 g/mol. The predicted molar refractivity (Wildman–Crippen MR) is 80.3 cm³/mol. The molecule has 0 bridgehead atoms. The molecule has 0 aromatic carbocycles. The predicted octanol–water partition coefficient (Wildman–Crippen LogP) is -0.0452. The van der Waals surface area contributed by atoms with Gasteiger partial charge in [-0.1, -0.05) is 0 Å². The number of nitrogen functional groups attached to an aromatic ring is 1. The molecule has 0 atom stereocenters. The molecule has 1 aliphatic rings. The van der Waals surface area contributed by atoms with Crippen molar-refractivity contribution in [2.24, 2.45) is 0 Å². The SMILES string of the molecule is CCOC(=O)c1ccnc(N2CCN(CCO)CC2)c1N. The van der Waals surface area contributed by atoms with E-state index in [9.17, 15) is 4.79 Å². The summed E-state index contributed by atoms with van der Waals surface area (Å²) >= 11 is 0. The van der Waals surface area contributed by atoms with Gasteiger partial charge in [-0.05, 0) is 13.0 Å². The fourth-order valence-electron chi connectivity index (χ4n) is 2.43. The van der Waals surface area contributed by atoms with Crippen LogP contribution in [0.2, 0.25) is 0 Å². The Bertz CT molecular complexity index is 487. The number of pyridine rings is 1. The number of esters is 1. The molecule has 1 saturated heterocycles. The minimum Gasteiger partial charge on any atom is -0.462 e. The molecule has 7 heteroatoms. The number of aromatic nitrogens is 1. The molecule has 0 aliphatic carbocycles. The summed E-state index contributed by atoms with van der Waals surface area (Å²) in [6.07, 6.45) is 1.58. The highest BCUT2D eigenvalue weighted by molar-refractivity contribution is 5.97. The molecule has 2 heterocycles. The fourth-order valence-corrected chi connectivity index (χ4v) is 2.43. The van der Waals surface area contributed by atoms with E-state index in [1.165, 1.54) is 0 Å². The molecule has 116 valence electrons. The van der Waals surface area contributed by atoms with Crippen LogP contribution >= 0.6 is 0 Å². The highest BCUT2D eigenvalue weighted by Crippen LogP contribution is 2.25. The van der Waals surface area contributed by atoms with Crippen LogP contribution in [-0.2, 0) is 4.74 Å². The van der Waals surface area contributed by atoms with Crippen LogP contribution in [0.15, 0.2) is 12.3 Å². The third-order valence-corrected chi connectivity index (χ3v) is 3.55. The number of ether oxygens (including phenoxy) is 1. The number of hydrogen-bond donors (Lipinski definition) is 2. The Morgan fingerprint density at radius 1 is 1.43 bits per heavy atom. The first-order chi connectivity index (χ1) is 10.2. The Morgan fingerprint density at radius 2 is 2.14 bits per heavy atom. The van der Waals surface area contributed by atoms with Gasteiger partial charge in [0, 0.05) is 38.9 Å². The molecule has 21 heavy (non-hydrogen) atoms. The van der Waals surface area contributed by atoms with Gasteiger partial charge in [-0.2, -0.15) is 0 Å². The van der Waals surface area contributed by atoms with Gasteiger partial charge < -0.3 is 20.5 Å². The van der Waals surface area contributed by atoms with Gasteiger partial charge in [0.1, 0.15) is 0 Å². The van der Waals surface area contributed by atoms with E-state index in [1.807, 2.05) is 0 Å². The number of piperazine rings is 1. The molecule has 2 rings (SSSR count). The number of carbonyl (C=O) groups is 1. The van der Waals surface area contributed by atoms with Gasteiger partial charge in [0.05, 0.1) is 24.5 Å². The lowest BCUT2D eigenvalue weighted by Crippen LogP contribution is -2.47. The topological polar surface area (TPSA) is 91.9 Å². The summed E-state index contributed by atoms with van der Waals surface area (Å²) in [7, 11) is 0. The fraction of sp³-hybridized carbons (Fsp3) is 0.571. The normalized spacial score (nSPS) is 16.0. The summed E-state index contributed by atoms with van der Waals surface area (Å²) in [5.41, 5.74) is 6.81.